The van der Waals surface area contributed by atoms with E-state index in [1.165, 1.54) is 5.56 Å². The largest absolute Gasteiger partial charge is 0.262 e. The number of hydrogen-bond acceptors (Lipinski definition) is 1. The summed E-state index contributed by atoms with van der Waals surface area (Å²) in [5, 5.41) is 5.17. The fraction of sp³-hybridized carbons (Fsp3) is 0.300. The highest BCUT2D eigenvalue weighted by Gasteiger charge is 2.01. The van der Waals surface area contributed by atoms with Crippen molar-refractivity contribution in [2.45, 2.75) is 13.5 Å². The summed E-state index contributed by atoms with van der Waals surface area (Å²) in [6, 6.07) is 6.06. The predicted octanol–water partition coefficient (Wildman–Crippen LogP) is 2.31. The lowest BCUT2D eigenvalue weighted by Crippen LogP contribution is -2.00. The minimum Gasteiger partial charge on any atom is -0.262 e. The van der Waals surface area contributed by atoms with E-state index in [-0.39, 0.29) is 6.67 Å². The third-order valence-electron chi connectivity index (χ3n) is 2.10. The average molecular weight is 178 g/mol. The Balaban J connectivity index is 2.58. The van der Waals surface area contributed by atoms with Crippen LogP contribution in [0.1, 0.15) is 5.56 Å². The van der Waals surface area contributed by atoms with Gasteiger partial charge in [-0.2, -0.15) is 5.10 Å². The molecule has 68 valence electrons. The molecule has 13 heavy (non-hydrogen) atoms. The van der Waals surface area contributed by atoms with Crippen LogP contribution in [-0.4, -0.2) is 16.5 Å². The first-order valence-electron chi connectivity index (χ1n) is 4.29. The molecule has 1 aromatic heterocycles. The number of rotatable bonds is 2. The molecule has 0 atom stereocenters. The van der Waals surface area contributed by atoms with E-state index < -0.39 is 0 Å². The summed E-state index contributed by atoms with van der Waals surface area (Å²) in [4.78, 5) is 0. The maximum atomic E-state index is 12.1. The molecule has 1 heterocycles. The Morgan fingerprint density at radius 3 is 3.08 bits per heavy atom. The first-order valence-corrected chi connectivity index (χ1v) is 4.29. The van der Waals surface area contributed by atoms with Crippen LogP contribution in [0.3, 0.4) is 0 Å². The molecule has 2 rings (SSSR count). The SMILES string of the molecule is Cc1ccc2cnn(CCF)c2c1. The van der Waals surface area contributed by atoms with E-state index >= 15 is 0 Å². The Hall–Kier alpha value is -1.38. The molecule has 0 aliphatic carbocycles. The lowest BCUT2D eigenvalue weighted by molar-refractivity contribution is 0.433. The van der Waals surface area contributed by atoms with Crippen LogP contribution in [0.5, 0.6) is 0 Å². The van der Waals surface area contributed by atoms with Gasteiger partial charge in [0.1, 0.15) is 6.67 Å². The average Bonchev–Trinajstić information content (AvgIpc) is 2.49. The summed E-state index contributed by atoms with van der Waals surface area (Å²) >= 11 is 0. The van der Waals surface area contributed by atoms with Crippen molar-refractivity contribution in [2.75, 3.05) is 6.67 Å². The van der Waals surface area contributed by atoms with Crippen molar-refractivity contribution in [2.24, 2.45) is 0 Å². The van der Waals surface area contributed by atoms with Crippen LogP contribution in [0, 0.1) is 6.92 Å². The maximum Gasteiger partial charge on any atom is 0.109 e. The summed E-state index contributed by atoms with van der Waals surface area (Å²) in [7, 11) is 0. The molecule has 2 aromatic rings. The van der Waals surface area contributed by atoms with Crippen LogP contribution in [-0.2, 0) is 6.54 Å². The molecule has 0 aliphatic rings. The van der Waals surface area contributed by atoms with E-state index in [0.717, 1.165) is 10.9 Å². The van der Waals surface area contributed by atoms with E-state index in [1.807, 2.05) is 25.1 Å². The van der Waals surface area contributed by atoms with Gasteiger partial charge in [0, 0.05) is 5.39 Å². The number of hydrogen-bond donors (Lipinski definition) is 0. The minimum absolute atomic E-state index is 0.340. The molecule has 0 bridgehead atoms. The fourth-order valence-electron chi connectivity index (χ4n) is 1.44. The first-order chi connectivity index (χ1) is 6.31. The van der Waals surface area contributed by atoms with Gasteiger partial charge in [-0.15, -0.1) is 0 Å². The highest BCUT2D eigenvalue weighted by Crippen LogP contribution is 2.14. The molecule has 0 radical (unpaired) electrons. The second kappa shape index (κ2) is 3.17. The second-order valence-electron chi connectivity index (χ2n) is 3.12. The van der Waals surface area contributed by atoms with Gasteiger partial charge in [0.15, 0.2) is 0 Å². The summed E-state index contributed by atoms with van der Waals surface area (Å²) in [5.41, 5.74) is 2.19. The van der Waals surface area contributed by atoms with Crippen molar-refractivity contribution < 1.29 is 4.39 Å². The molecule has 0 spiro atoms. The third kappa shape index (κ3) is 1.41. The van der Waals surface area contributed by atoms with Crippen LogP contribution in [0.4, 0.5) is 4.39 Å². The van der Waals surface area contributed by atoms with Crippen molar-refractivity contribution in [1.82, 2.24) is 9.78 Å². The van der Waals surface area contributed by atoms with Gasteiger partial charge < -0.3 is 0 Å². The standard InChI is InChI=1S/C10H11FN2/c1-8-2-3-9-7-12-13(5-4-11)10(9)6-8/h2-3,6-7H,4-5H2,1H3. The summed E-state index contributed by atoms with van der Waals surface area (Å²) in [5.74, 6) is 0. The first kappa shape index (κ1) is 8.23. The molecule has 0 amide bonds. The molecular weight excluding hydrogens is 167 g/mol. The van der Waals surface area contributed by atoms with Crippen LogP contribution >= 0.6 is 0 Å². The van der Waals surface area contributed by atoms with Gasteiger partial charge in [-0.25, -0.2) is 4.39 Å². The van der Waals surface area contributed by atoms with Gasteiger partial charge in [-0.1, -0.05) is 12.1 Å². The maximum absolute atomic E-state index is 12.1. The molecule has 0 fully saturated rings. The number of alkyl halides is 1. The van der Waals surface area contributed by atoms with Crippen molar-refractivity contribution >= 4 is 10.9 Å². The predicted molar refractivity (Wildman–Crippen MR) is 50.4 cm³/mol. The van der Waals surface area contributed by atoms with Gasteiger partial charge in [0.25, 0.3) is 0 Å². The zero-order chi connectivity index (χ0) is 9.26. The van der Waals surface area contributed by atoms with Crippen molar-refractivity contribution in [1.29, 1.82) is 0 Å². The Kier molecular flexibility index (Phi) is 2.00. The number of fused-ring (bicyclic) bond motifs is 1. The number of halogens is 1. The van der Waals surface area contributed by atoms with E-state index in [2.05, 4.69) is 5.10 Å². The number of aromatic nitrogens is 2. The fourth-order valence-corrected chi connectivity index (χ4v) is 1.44. The highest BCUT2D eigenvalue weighted by atomic mass is 19.1. The number of benzene rings is 1. The van der Waals surface area contributed by atoms with Gasteiger partial charge >= 0.3 is 0 Å². The number of nitrogens with zero attached hydrogens (tertiary/aromatic N) is 2. The van der Waals surface area contributed by atoms with E-state index in [0.29, 0.717) is 6.54 Å². The summed E-state index contributed by atoms with van der Waals surface area (Å²) < 4.78 is 13.8. The molecule has 0 saturated carbocycles. The Morgan fingerprint density at radius 2 is 2.31 bits per heavy atom. The van der Waals surface area contributed by atoms with Crippen LogP contribution in [0.25, 0.3) is 10.9 Å². The third-order valence-corrected chi connectivity index (χ3v) is 2.10. The molecule has 2 nitrogen and oxygen atoms in total. The van der Waals surface area contributed by atoms with Gasteiger partial charge in [0.05, 0.1) is 18.3 Å². The minimum atomic E-state index is -0.370. The lowest BCUT2D eigenvalue weighted by atomic mass is 10.2. The monoisotopic (exact) mass is 178 g/mol. The van der Waals surface area contributed by atoms with E-state index in [9.17, 15) is 4.39 Å². The highest BCUT2D eigenvalue weighted by molar-refractivity contribution is 5.79. The van der Waals surface area contributed by atoms with Crippen LogP contribution in [0.2, 0.25) is 0 Å². The van der Waals surface area contributed by atoms with Crippen molar-refractivity contribution in [3.63, 3.8) is 0 Å². The van der Waals surface area contributed by atoms with Crippen molar-refractivity contribution in [3.05, 3.63) is 30.0 Å². The molecule has 0 saturated heterocycles. The quantitative estimate of drug-likeness (QED) is 0.690. The van der Waals surface area contributed by atoms with E-state index in [1.54, 1.807) is 10.9 Å². The molecule has 0 aliphatic heterocycles. The Morgan fingerprint density at radius 1 is 1.46 bits per heavy atom. The van der Waals surface area contributed by atoms with Crippen LogP contribution in [0.15, 0.2) is 24.4 Å². The molecule has 0 unspecified atom stereocenters. The van der Waals surface area contributed by atoms with Gasteiger partial charge in [-0.05, 0) is 18.6 Å². The summed E-state index contributed by atoms with van der Waals surface area (Å²) in [6.45, 7) is 1.99. The molecule has 1 aromatic carbocycles. The topological polar surface area (TPSA) is 17.8 Å². The zero-order valence-electron chi connectivity index (χ0n) is 7.50. The molecule has 3 heteroatoms. The molecule has 0 N–H and O–H groups in total. The van der Waals surface area contributed by atoms with Gasteiger partial charge in [0.2, 0.25) is 0 Å². The Labute approximate surface area is 76.0 Å². The van der Waals surface area contributed by atoms with E-state index in [4.69, 9.17) is 0 Å². The molecular formula is C10H11FN2. The normalized spacial score (nSPS) is 10.9. The second-order valence-corrected chi connectivity index (χ2v) is 3.12. The number of aryl methyl sites for hydroxylation is 2. The summed E-state index contributed by atoms with van der Waals surface area (Å²) in [6.07, 6.45) is 1.77. The Bertz CT molecular complexity index is 420. The van der Waals surface area contributed by atoms with Crippen LogP contribution < -0.4 is 0 Å². The zero-order valence-corrected chi connectivity index (χ0v) is 7.50. The van der Waals surface area contributed by atoms with Crippen molar-refractivity contribution in [3.8, 4) is 0 Å². The lowest BCUT2D eigenvalue weighted by Gasteiger charge is -1.99. The van der Waals surface area contributed by atoms with Gasteiger partial charge in [-0.3, -0.25) is 4.68 Å². The smallest absolute Gasteiger partial charge is 0.109 e.